The highest BCUT2D eigenvalue weighted by Gasteiger charge is 2.54. The number of rotatable bonds is 8. The number of hydrogen-bond acceptors (Lipinski definition) is 9. The number of nitrogens with one attached hydrogen (secondary N) is 2. The molecule has 1 aliphatic carbocycles. The number of β-lactam (4-membered cyclic amide) rings is 1. The second-order valence-electron chi connectivity index (χ2n) is 7.87. The molecule has 13 heteroatoms. The fourth-order valence-corrected chi connectivity index (χ4v) is 5.29. The minimum absolute atomic E-state index is 0.0776. The van der Waals surface area contributed by atoms with Gasteiger partial charge in [0, 0.05) is 18.4 Å². The van der Waals surface area contributed by atoms with Crippen LogP contribution in [0, 0.1) is 0 Å². The number of carbonyl (C=O) groups excluding carboxylic acids is 3. The average molecular weight is 493 g/mol. The van der Waals surface area contributed by atoms with Crippen molar-refractivity contribution in [1.29, 1.82) is 0 Å². The molecule has 1 saturated heterocycles. The quantitative estimate of drug-likeness (QED) is 0.274. The summed E-state index contributed by atoms with van der Waals surface area (Å²) in [6.07, 6.45) is 4.36. The Morgan fingerprint density at radius 2 is 2.09 bits per heavy atom. The van der Waals surface area contributed by atoms with Gasteiger partial charge in [0.2, 0.25) is 5.71 Å². The maximum atomic E-state index is 13.0. The van der Waals surface area contributed by atoms with Crippen LogP contribution in [0.4, 0.5) is 4.79 Å². The van der Waals surface area contributed by atoms with Crippen LogP contribution < -0.4 is 10.6 Å². The number of thioether (sulfide) groups is 1. The fourth-order valence-electron chi connectivity index (χ4n) is 3.96. The van der Waals surface area contributed by atoms with E-state index in [2.05, 4.69) is 15.8 Å². The summed E-state index contributed by atoms with van der Waals surface area (Å²) >= 11 is 1.26. The van der Waals surface area contributed by atoms with Crippen LogP contribution in [0.15, 0.2) is 39.2 Å². The zero-order chi connectivity index (χ0) is 24.2. The Kier molecular flexibility index (Phi) is 7.10. The lowest BCUT2D eigenvalue weighted by Crippen LogP contribution is -2.71. The summed E-state index contributed by atoms with van der Waals surface area (Å²) in [6, 6.07) is 2.21. The summed E-state index contributed by atoms with van der Waals surface area (Å²) in [5.74, 6) is -2.17. The first-order chi connectivity index (χ1) is 16.4. The number of nitrogens with zero attached hydrogens (tertiary/aromatic N) is 2. The van der Waals surface area contributed by atoms with Crippen LogP contribution in [-0.4, -0.2) is 76.5 Å². The molecule has 1 saturated carbocycles. The van der Waals surface area contributed by atoms with Crippen molar-refractivity contribution in [3.63, 3.8) is 0 Å². The summed E-state index contributed by atoms with van der Waals surface area (Å²) in [7, 11) is 1.38. The molecule has 1 aromatic heterocycles. The average Bonchev–Trinajstić information content (AvgIpc) is 3.55. The Morgan fingerprint density at radius 3 is 2.74 bits per heavy atom. The van der Waals surface area contributed by atoms with Gasteiger partial charge in [-0.05, 0) is 37.8 Å². The molecule has 0 aromatic carbocycles. The first kappa shape index (κ1) is 23.7. The van der Waals surface area contributed by atoms with E-state index in [-0.39, 0.29) is 35.6 Å². The highest BCUT2D eigenvalue weighted by molar-refractivity contribution is 8.00. The Bertz CT molecular complexity index is 1030. The molecule has 182 valence electrons. The Morgan fingerprint density at radius 1 is 1.32 bits per heavy atom. The van der Waals surface area contributed by atoms with Gasteiger partial charge >= 0.3 is 12.1 Å². The second kappa shape index (κ2) is 10.2. The molecule has 2 aliphatic heterocycles. The molecule has 0 spiro atoms. The van der Waals surface area contributed by atoms with Crippen LogP contribution in [0.1, 0.15) is 31.4 Å². The normalized spacial score (nSPS) is 22.7. The van der Waals surface area contributed by atoms with Gasteiger partial charge < -0.3 is 29.7 Å². The zero-order valence-electron chi connectivity index (χ0n) is 18.3. The Balaban J connectivity index is 1.47. The molecule has 34 heavy (non-hydrogen) atoms. The fraction of sp³-hybridized carbons (Fsp3) is 0.476. The predicted octanol–water partition coefficient (Wildman–Crippen LogP) is 1.04. The number of carboxylic acids is 1. The molecule has 3 aliphatic rings. The van der Waals surface area contributed by atoms with Crippen LogP contribution in [0.25, 0.3) is 0 Å². The molecular weight excluding hydrogens is 468 g/mol. The first-order valence-corrected chi connectivity index (χ1v) is 11.8. The van der Waals surface area contributed by atoms with Gasteiger partial charge in [0.05, 0.1) is 6.26 Å². The van der Waals surface area contributed by atoms with E-state index < -0.39 is 35.3 Å². The number of furan rings is 1. The third-order valence-electron chi connectivity index (χ3n) is 5.68. The maximum absolute atomic E-state index is 13.0. The number of hydrogen-bond donors (Lipinski definition) is 3. The van der Waals surface area contributed by atoms with Crippen LogP contribution in [0.3, 0.4) is 0 Å². The number of oxime groups is 1. The van der Waals surface area contributed by atoms with Gasteiger partial charge in [-0.1, -0.05) is 5.16 Å². The summed E-state index contributed by atoms with van der Waals surface area (Å²) in [5, 5.41) is 18.0. The monoisotopic (exact) mass is 492 g/mol. The van der Waals surface area contributed by atoms with Gasteiger partial charge in [0.15, 0.2) is 5.76 Å². The van der Waals surface area contributed by atoms with E-state index in [9.17, 15) is 24.3 Å². The third kappa shape index (κ3) is 4.74. The van der Waals surface area contributed by atoms with E-state index in [1.165, 1.54) is 25.1 Å². The molecule has 1 aromatic rings. The van der Waals surface area contributed by atoms with Gasteiger partial charge in [-0.25, -0.2) is 9.59 Å². The van der Waals surface area contributed by atoms with Gasteiger partial charge in [-0.2, -0.15) is 0 Å². The SMILES string of the molecule is CNC(=O)OCC1=C(C(=O)O)N2C(=O)[C@@H](NC(=O)C(=NOC3CCCC3)c3ccco3)[C@H]2SC1. The maximum Gasteiger partial charge on any atom is 0.407 e. The van der Waals surface area contributed by atoms with Crippen LogP contribution in [-0.2, 0) is 24.0 Å². The molecule has 0 radical (unpaired) electrons. The number of aliphatic carboxylic acids is 1. The van der Waals surface area contributed by atoms with Crippen LogP contribution in [0.2, 0.25) is 0 Å². The lowest BCUT2D eigenvalue weighted by atomic mass is 10.0. The summed E-state index contributed by atoms with van der Waals surface area (Å²) in [6.45, 7) is -0.268. The van der Waals surface area contributed by atoms with Crippen molar-refractivity contribution in [2.45, 2.75) is 43.2 Å². The van der Waals surface area contributed by atoms with Crippen LogP contribution >= 0.6 is 11.8 Å². The van der Waals surface area contributed by atoms with E-state index in [4.69, 9.17) is 14.0 Å². The minimum Gasteiger partial charge on any atom is -0.477 e. The van der Waals surface area contributed by atoms with Crippen molar-refractivity contribution in [3.05, 3.63) is 35.4 Å². The van der Waals surface area contributed by atoms with Gasteiger partial charge in [-0.15, -0.1) is 11.8 Å². The number of carbonyl (C=O) groups is 4. The van der Waals surface area contributed by atoms with Crippen molar-refractivity contribution in [2.24, 2.45) is 5.16 Å². The topological polar surface area (TPSA) is 160 Å². The summed E-state index contributed by atoms with van der Waals surface area (Å²) in [5.41, 5.74) is -0.0523. The Hall–Kier alpha value is -3.48. The van der Waals surface area contributed by atoms with Gasteiger partial charge in [0.1, 0.15) is 29.8 Å². The molecule has 3 heterocycles. The number of carboxylic acid groups (broad SMARTS) is 1. The van der Waals surface area contributed by atoms with E-state index in [1.807, 2.05) is 0 Å². The molecular formula is C21H24N4O8S. The number of alkyl carbamates (subject to hydrolysis) is 1. The molecule has 4 rings (SSSR count). The molecule has 2 fully saturated rings. The molecule has 2 atom stereocenters. The molecule has 3 N–H and O–H groups in total. The largest absolute Gasteiger partial charge is 0.477 e. The smallest absolute Gasteiger partial charge is 0.407 e. The molecule has 3 amide bonds. The third-order valence-corrected chi connectivity index (χ3v) is 7.02. The van der Waals surface area contributed by atoms with Crippen molar-refractivity contribution in [1.82, 2.24) is 15.5 Å². The van der Waals surface area contributed by atoms with Gasteiger partial charge in [0.25, 0.3) is 11.8 Å². The molecule has 0 unspecified atom stereocenters. The van der Waals surface area contributed by atoms with Crippen molar-refractivity contribution < 1.29 is 38.3 Å². The minimum atomic E-state index is -1.32. The van der Waals surface area contributed by atoms with Crippen molar-refractivity contribution in [3.8, 4) is 0 Å². The molecule has 0 bridgehead atoms. The number of ether oxygens (including phenoxy) is 1. The standard InChI is InChI=1S/C21H24N4O8S/c1-22-21(30)32-9-11-10-34-19-15(18(27)25(19)16(11)20(28)29)23-17(26)14(13-7-4-8-31-13)24-33-12-5-2-3-6-12/h4,7-8,12,15,19H,2-3,5-6,9-10H2,1H3,(H,22,30)(H,23,26)(H,28,29)/t15-,19-/m1/s1. The number of amides is 3. The highest BCUT2D eigenvalue weighted by atomic mass is 32.2. The zero-order valence-corrected chi connectivity index (χ0v) is 19.1. The lowest BCUT2D eigenvalue weighted by molar-refractivity contribution is -0.150. The van der Waals surface area contributed by atoms with Crippen molar-refractivity contribution >= 4 is 41.4 Å². The molecule has 12 nitrogen and oxygen atoms in total. The van der Waals surface area contributed by atoms with E-state index in [0.29, 0.717) is 5.57 Å². The van der Waals surface area contributed by atoms with Crippen molar-refractivity contribution in [2.75, 3.05) is 19.4 Å². The van der Waals surface area contributed by atoms with Crippen LogP contribution in [0.5, 0.6) is 0 Å². The van der Waals surface area contributed by atoms with E-state index in [1.54, 1.807) is 12.1 Å². The second-order valence-corrected chi connectivity index (χ2v) is 8.98. The van der Waals surface area contributed by atoms with E-state index >= 15 is 0 Å². The lowest BCUT2D eigenvalue weighted by Gasteiger charge is -2.49. The summed E-state index contributed by atoms with van der Waals surface area (Å²) < 4.78 is 10.3. The van der Waals surface area contributed by atoms with E-state index in [0.717, 1.165) is 30.6 Å². The number of fused-ring (bicyclic) bond motifs is 1. The van der Waals surface area contributed by atoms with Gasteiger partial charge in [-0.3, -0.25) is 14.5 Å². The summed E-state index contributed by atoms with van der Waals surface area (Å²) in [4.78, 5) is 55.7. The first-order valence-electron chi connectivity index (χ1n) is 10.7. The highest BCUT2D eigenvalue weighted by Crippen LogP contribution is 2.40. The predicted molar refractivity (Wildman–Crippen MR) is 119 cm³/mol. The Labute approximate surface area is 198 Å².